The quantitative estimate of drug-likeness (QED) is 0.689. The molecule has 0 aliphatic rings. The van der Waals surface area contributed by atoms with E-state index in [0.29, 0.717) is 16.6 Å². The van der Waals surface area contributed by atoms with Gasteiger partial charge in [0.05, 0.1) is 11.3 Å². The van der Waals surface area contributed by atoms with Crippen molar-refractivity contribution in [2.24, 2.45) is 5.73 Å². The first-order valence-electron chi connectivity index (χ1n) is 5.96. The van der Waals surface area contributed by atoms with E-state index in [1.807, 2.05) is 0 Å². The molecule has 1 aromatic carbocycles. The molecule has 21 heavy (non-hydrogen) atoms. The molecular formula is C12H13N5O2S2. The SMILES string of the molecule is NC(=O)c1ccccc1NC(=O)CCSc1nnc(N)s1. The molecule has 1 heterocycles. The van der Waals surface area contributed by atoms with Crippen LogP contribution in [0.25, 0.3) is 0 Å². The lowest BCUT2D eigenvalue weighted by Crippen LogP contribution is -2.18. The van der Waals surface area contributed by atoms with Crippen molar-refractivity contribution in [2.75, 3.05) is 16.8 Å². The van der Waals surface area contributed by atoms with E-state index in [0.717, 1.165) is 4.34 Å². The minimum Gasteiger partial charge on any atom is -0.374 e. The highest BCUT2D eigenvalue weighted by atomic mass is 32.2. The van der Waals surface area contributed by atoms with Crippen LogP contribution >= 0.6 is 23.1 Å². The summed E-state index contributed by atoms with van der Waals surface area (Å²) in [6.07, 6.45) is 0.275. The fourth-order valence-electron chi connectivity index (χ4n) is 1.53. The van der Waals surface area contributed by atoms with Crippen molar-refractivity contribution in [3.63, 3.8) is 0 Å². The van der Waals surface area contributed by atoms with Crippen molar-refractivity contribution in [3.05, 3.63) is 29.8 Å². The maximum Gasteiger partial charge on any atom is 0.250 e. The smallest absolute Gasteiger partial charge is 0.250 e. The summed E-state index contributed by atoms with van der Waals surface area (Å²) in [5, 5.41) is 10.6. The molecule has 5 N–H and O–H groups in total. The van der Waals surface area contributed by atoms with E-state index in [4.69, 9.17) is 11.5 Å². The number of hydrogen-bond acceptors (Lipinski definition) is 7. The number of nitrogens with one attached hydrogen (secondary N) is 1. The number of nitrogens with two attached hydrogens (primary N) is 2. The summed E-state index contributed by atoms with van der Waals surface area (Å²) in [6, 6.07) is 6.61. The molecule has 2 aromatic rings. The van der Waals surface area contributed by atoms with Gasteiger partial charge in [-0.1, -0.05) is 35.2 Å². The lowest BCUT2D eigenvalue weighted by Gasteiger charge is -2.08. The van der Waals surface area contributed by atoms with Crippen LogP contribution in [0.3, 0.4) is 0 Å². The van der Waals surface area contributed by atoms with E-state index in [1.54, 1.807) is 24.3 Å². The molecule has 9 heteroatoms. The van der Waals surface area contributed by atoms with Gasteiger partial charge in [-0.05, 0) is 12.1 Å². The van der Waals surface area contributed by atoms with Gasteiger partial charge in [-0.25, -0.2) is 0 Å². The fourth-order valence-corrected chi connectivity index (χ4v) is 3.17. The molecule has 0 saturated carbocycles. The first-order valence-corrected chi connectivity index (χ1v) is 7.77. The largest absolute Gasteiger partial charge is 0.374 e. The molecule has 0 aliphatic carbocycles. The van der Waals surface area contributed by atoms with Gasteiger partial charge in [-0.3, -0.25) is 9.59 Å². The minimum atomic E-state index is -0.579. The van der Waals surface area contributed by atoms with Crippen LogP contribution in [0.5, 0.6) is 0 Å². The summed E-state index contributed by atoms with van der Waals surface area (Å²) in [5.74, 6) is -0.238. The van der Waals surface area contributed by atoms with E-state index in [2.05, 4.69) is 15.5 Å². The second kappa shape index (κ2) is 7.04. The van der Waals surface area contributed by atoms with Gasteiger partial charge < -0.3 is 16.8 Å². The highest BCUT2D eigenvalue weighted by molar-refractivity contribution is 8.01. The van der Waals surface area contributed by atoms with E-state index in [1.165, 1.54) is 23.1 Å². The first-order chi connectivity index (χ1) is 10.1. The Morgan fingerprint density at radius 1 is 1.29 bits per heavy atom. The number of carbonyl (C=O) groups is 2. The minimum absolute atomic E-state index is 0.200. The molecule has 0 atom stereocenters. The fraction of sp³-hybridized carbons (Fsp3) is 0.167. The summed E-state index contributed by atoms with van der Waals surface area (Å²) in [4.78, 5) is 23.1. The molecule has 2 rings (SSSR count). The van der Waals surface area contributed by atoms with Crippen LogP contribution in [0.2, 0.25) is 0 Å². The predicted molar refractivity (Wildman–Crippen MR) is 83.3 cm³/mol. The summed E-state index contributed by atoms with van der Waals surface area (Å²) in [6.45, 7) is 0. The third kappa shape index (κ3) is 4.43. The van der Waals surface area contributed by atoms with Crippen LogP contribution in [0.1, 0.15) is 16.8 Å². The van der Waals surface area contributed by atoms with Crippen molar-refractivity contribution in [1.29, 1.82) is 0 Å². The van der Waals surface area contributed by atoms with Gasteiger partial charge in [-0.15, -0.1) is 10.2 Å². The highest BCUT2D eigenvalue weighted by Gasteiger charge is 2.10. The number of nitrogens with zero attached hydrogens (tertiary/aromatic N) is 2. The number of nitrogen functional groups attached to an aromatic ring is 1. The summed E-state index contributed by atoms with van der Waals surface area (Å²) in [7, 11) is 0. The molecule has 1 aromatic heterocycles. The van der Waals surface area contributed by atoms with Crippen LogP contribution in [0, 0.1) is 0 Å². The lowest BCUT2D eigenvalue weighted by atomic mass is 10.1. The summed E-state index contributed by atoms with van der Waals surface area (Å²) >= 11 is 2.68. The number of amides is 2. The molecular weight excluding hydrogens is 310 g/mol. The topological polar surface area (TPSA) is 124 Å². The molecule has 110 valence electrons. The number of aromatic nitrogens is 2. The number of anilines is 2. The average molecular weight is 323 g/mol. The van der Waals surface area contributed by atoms with Crippen molar-refractivity contribution in [2.45, 2.75) is 10.8 Å². The van der Waals surface area contributed by atoms with Gasteiger partial charge >= 0.3 is 0 Å². The second-order valence-corrected chi connectivity index (χ2v) is 6.31. The Labute approximate surface area is 129 Å². The van der Waals surface area contributed by atoms with Crippen molar-refractivity contribution >= 4 is 45.7 Å². The standard InChI is InChI=1S/C12H13N5O2S2/c13-10(19)7-3-1-2-4-8(7)15-9(18)5-6-20-12-17-16-11(14)21-12/h1-4H,5-6H2,(H2,13,19)(H2,14,16)(H,15,18). The van der Waals surface area contributed by atoms with E-state index in [-0.39, 0.29) is 17.9 Å². The van der Waals surface area contributed by atoms with Gasteiger partial charge in [-0.2, -0.15) is 0 Å². The number of carbonyl (C=O) groups excluding carboxylic acids is 2. The Hall–Kier alpha value is -2.13. The number of benzene rings is 1. The molecule has 0 unspecified atom stereocenters. The van der Waals surface area contributed by atoms with Crippen molar-refractivity contribution in [1.82, 2.24) is 10.2 Å². The molecule has 0 fully saturated rings. The molecule has 0 bridgehead atoms. The summed E-state index contributed by atoms with van der Waals surface area (Å²) in [5.41, 5.74) is 11.4. The zero-order chi connectivity index (χ0) is 15.2. The van der Waals surface area contributed by atoms with Crippen LogP contribution in [-0.4, -0.2) is 27.8 Å². The van der Waals surface area contributed by atoms with Gasteiger partial charge in [0.25, 0.3) is 5.91 Å². The number of rotatable bonds is 6. The predicted octanol–water partition coefficient (Wildman–Crippen LogP) is 1.34. The van der Waals surface area contributed by atoms with E-state index >= 15 is 0 Å². The number of para-hydroxylation sites is 1. The Bertz CT molecular complexity index is 659. The Morgan fingerprint density at radius 3 is 2.71 bits per heavy atom. The molecule has 2 amide bonds. The Kier molecular flexibility index (Phi) is 5.12. The third-order valence-electron chi connectivity index (χ3n) is 2.44. The Balaban J connectivity index is 1.86. The first kappa shape index (κ1) is 15.3. The third-order valence-corrected chi connectivity index (χ3v) is 4.33. The zero-order valence-electron chi connectivity index (χ0n) is 10.9. The number of hydrogen-bond donors (Lipinski definition) is 3. The molecule has 0 aliphatic heterocycles. The monoisotopic (exact) mass is 323 g/mol. The van der Waals surface area contributed by atoms with Crippen LogP contribution in [-0.2, 0) is 4.79 Å². The number of thioether (sulfide) groups is 1. The second-order valence-electron chi connectivity index (χ2n) is 3.96. The highest BCUT2D eigenvalue weighted by Crippen LogP contribution is 2.24. The molecule has 0 radical (unpaired) electrons. The van der Waals surface area contributed by atoms with E-state index < -0.39 is 5.91 Å². The van der Waals surface area contributed by atoms with Crippen molar-refractivity contribution < 1.29 is 9.59 Å². The van der Waals surface area contributed by atoms with Gasteiger partial charge in [0.2, 0.25) is 11.0 Å². The zero-order valence-corrected chi connectivity index (χ0v) is 12.5. The van der Waals surface area contributed by atoms with Gasteiger partial charge in [0, 0.05) is 12.2 Å². The van der Waals surface area contributed by atoms with Crippen LogP contribution in [0.15, 0.2) is 28.6 Å². The lowest BCUT2D eigenvalue weighted by molar-refractivity contribution is -0.115. The normalized spacial score (nSPS) is 10.3. The maximum absolute atomic E-state index is 11.8. The van der Waals surface area contributed by atoms with Crippen LogP contribution < -0.4 is 16.8 Å². The van der Waals surface area contributed by atoms with E-state index in [9.17, 15) is 9.59 Å². The van der Waals surface area contributed by atoms with Gasteiger partial charge in [0.1, 0.15) is 0 Å². The Morgan fingerprint density at radius 2 is 2.05 bits per heavy atom. The molecule has 7 nitrogen and oxygen atoms in total. The van der Waals surface area contributed by atoms with Crippen molar-refractivity contribution in [3.8, 4) is 0 Å². The maximum atomic E-state index is 11.8. The number of primary amides is 1. The average Bonchev–Trinajstić information content (AvgIpc) is 2.85. The van der Waals surface area contributed by atoms with Crippen LogP contribution in [0.4, 0.5) is 10.8 Å². The van der Waals surface area contributed by atoms with Gasteiger partial charge in [0.15, 0.2) is 4.34 Å². The molecule has 0 spiro atoms. The molecule has 0 saturated heterocycles. The summed E-state index contributed by atoms with van der Waals surface area (Å²) < 4.78 is 0.720.